The molecule has 0 spiro atoms. The molecule has 0 rings (SSSR count). The van der Waals surface area contributed by atoms with E-state index in [4.69, 9.17) is 9.47 Å². The third kappa shape index (κ3) is 9.37. The van der Waals surface area contributed by atoms with Crippen molar-refractivity contribution in [1.82, 2.24) is 5.32 Å². The smallest absolute Gasteiger partial charge is 0.252 e. The monoisotopic (exact) mass is 217 g/mol. The highest BCUT2D eigenvalue weighted by Crippen LogP contribution is 1.89. The lowest BCUT2D eigenvalue weighted by Crippen LogP contribution is -2.33. The first-order valence-electron chi connectivity index (χ1n) is 5.10. The van der Waals surface area contributed by atoms with Gasteiger partial charge in [-0.2, -0.15) is 0 Å². The molecule has 0 atom stereocenters. The standard InChI is InChI=1S/C10H19NO4/c1-3-6-15-8-10(13)11-9(12)5-4-7-14-2/h3-8H2,1-2H3,(H,11,12,13). The topological polar surface area (TPSA) is 64.6 Å². The molecule has 0 aromatic rings. The molecule has 0 heterocycles. The van der Waals surface area contributed by atoms with Crippen LogP contribution in [0.25, 0.3) is 0 Å². The molecular weight excluding hydrogens is 198 g/mol. The number of ether oxygens (including phenoxy) is 2. The second-order valence-corrected chi connectivity index (χ2v) is 3.12. The van der Waals surface area contributed by atoms with Crippen LogP contribution in [-0.4, -0.2) is 38.7 Å². The maximum absolute atomic E-state index is 11.1. The van der Waals surface area contributed by atoms with Gasteiger partial charge >= 0.3 is 0 Å². The number of nitrogens with one attached hydrogen (secondary N) is 1. The number of hydrogen-bond donors (Lipinski definition) is 1. The molecule has 0 saturated carbocycles. The van der Waals surface area contributed by atoms with Crippen LogP contribution in [-0.2, 0) is 19.1 Å². The average Bonchev–Trinajstić information content (AvgIpc) is 2.18. The van der Waals surface area contributed by atoms with Crippen LogP contribution in [0.5, 0.6) is 0 Å². The van der Waals surface area contributed by atoms with Crippen molar-refractivity contribution in [3.8, 4) is 0 Å². The molecule has 0 fully saturated rings. The molecule has 0 aliphatic rings. The van der Waals surface area contributed by atoms with E-state index < -0.39 is 0 Å². The molecule has 5 heteroatoms. The van der Waals surface area contributed by atoms with Gasteiger partial charge in [-0.3, -0.25) is 14.9 Å². The molecule has 0 saturated heterocycles. The van der Waals surface area contributed by atoms with Gasteiger partial charge < -0.3 is 9.47 Å². The van der Waals surface area contributed by atoms with Crippen molar-refractivity contribution in [3.05, 3.63) is 0 Å². The molecule has 0 unspecified atom stereocenters. The third-order valence-corrected chi connectivity index (χ3v) is 1.61. The lowest BCUT2D eigenvalue weighted by molar-refractivity contribution is -0.133. The third-order valence-electron chi connectivity index (χ3n) is 1.61. The zero-order valence-corrected chi connectivity index (χ0v) is 9.38. The van der Waals surface area contributed by atoms with E-state index in [0.29, 0.717) is 26.1 Å². The Hall–Kier alpha value is -0.940. The van der Waals surface area contributed by atoms with E-state index in [1.165, 1.54) is 0 Å². The Morgan fingerprint density at radius 2 is 1.93 bits per heavy atom. The van der Waals surface area contributed by atoms with E-state index in [1.54, 1.807) is 7.11 Å². The van der Waals surface area contributed by atoms with E-state index in [2.05, 4.69) is 5.32 Å². The largest absolute Gasteiger partial charge is 0.385 e. The Bertz CT molecular complexity index is 174. The summed E-state index contributed by atoms with van der Waals surface area (Å²) in [7, 11) is 1.57. The Morgan fingerprint density at radius 1 is 1.20 bits per heavy atom. The average molecular weight is 217 g/mol. The molecule has 0 aromatic heterocycles. The summed E-state index contributed by atoms with van der Waals surface area (Å²) in [5.41, 5.74) is 0. The minimum atomic E-state index is -0.383. The van der Waals surface area contributed by atoms with Crippen LogP contribution in [0.15, 0.2) is 0 Å². The van der Waals surface area contributed by atoms with Crippen molar-refractivity contribution in [2.24, 2.45) is 0 Å². The fraction of sp³-hybridized carbons (Fsp3) is 0.800. The van der Waals surface area contributed by atoms with Crippen LogP contribution in [0.4, 0.5) is 0 Å². The second kappa shape index (κ2) is 9.61. The van der Waals surface area contributed by atoms with Crippen LogP contribution < -0.4 is 5.32 Å². The van der Waals surface area contributed by atoms with E-state index in [9.17, 15) is 9.59 Å². The Kier molecular flexibility index (Phi) is 9.01. The van der Waals surface area contributed by atoms with Crippen LogP contribution in [0.1, 0.15) is 26.2 Å². The summed E-state index contributed by atoms with van der Waals surface area (Å²) < 4.78 is 9.77. The number of amides is 2. The quantitative estimate of drug-likeness (QED) is 0.601. The van der Waals surface area contributed by atoms with E-state index in [0.717, 1.165) is 6.42 Å². The van der Waals surface area contributed by atoms with Gasteiger partial charge in [-0.05, 0) is 12.8 Å². The zero-order chi connectivity index (χ0) is 11.5. The first kappa shape index (κ1) is 14.1. The number of carbonyl (C=O) groups is 2. The molecule has 1 N–H and O–H groups in total. The minimum Gasteiger partial charge on any atom is -0.385 e. The molecule has 0 aliphatic heterocycles. The molecule has 2 amide bonds. The summed E-state index contributed by atoms with van der Waals surface area (Å²) >= 11 is 0. The number of rotatable bonds is 8. The van der Waals surface area contributed by atoms with Crippen LogP contribution >= 0.6 is 0 Å². The first-order chi connectivity index (χ1) is 7.20. The maximum Gasteiger partial charge on any atom is 0.252 e. The van der Waals surface area contributed by atoms with Crippen molar-refractivity contribution in [1.29, 1.82) is 0 Å². The number of carbonyl (C=O) groups excluding carboxylic acids is 2. The lowest BCUT2D eigenvalue weighted by Gasteiger charge is -2.04. The number of imide groups is 1. The second-order valence-electron chi connectivity index (χ2n) is 3.12. The lowest BCUT2D eigenvalue weighted by atomic mass is 10.3. The summed E-state index contributed by atoms with van der Waals surface area (Å²) in [5.74, 6) is -0.664. The van der Waals surface area contributed by atoms with Crippen LogP contribution in [0, 0.1) is 0 Å². The van der Waals surface area contributed by atoms with Crippen LogP contribution in [0.2, 0.25) is 0 Å². The normalized spacial score (nSPS) is 10.0. The van der Waals surface area contributed by atoms with Gasteiger partial charge in [0.2, 0.25) is 5.91 Å². The van der Waals surface area contributed by atoms with E-state index in [-0.39, 0.29) is 18.4 Å². The molecule has 15 heavy (non-hydrogen) atoms. The molecule has 0 aromatic carbocycles. The van der Waals surface area contributed by atoms with E-state index in [1.807, 2.05) is 6.92 Å². The zero-order valence-electron chi connectivity index (χ0n) is 9.38. The van der Waals surface area contributed by atoms with Crippen molar-refractivity contribution < 1.29 is 19.1 Å². The summed E-state index contributed by atoms with van der Waals surface area (Å²) in [5, 5.41) is 2.24. The SMILES string of the molecule is CCCOCC(=O)NC(=O)CCCOC. The summed E-state index contributed by atoms with van der Waals surface area (Å²) in [4.78, 5) is 22.2. The maximum atomic E-state index is 11.1. The highest BCUT2D eigenvalue weighted by Gasteiger charge is 2.06. The van der Waals surface area contributed by atoms with Gasteiger partial charge in [0.15, 0.2) is 0 Å². The fourth-order valence-electron chi connectivity index (χ4n) is 0.940. The fourth-order valence-corrected chi connectivity index (χ4v) is 0.940. The predicted molar refractivity (Wildman–Crippen MR) is 55.4 cm³/mol. The van der Waals surface area contributed by atoms with E-state index >= 15 is 0 Å². The minimum absolute atomic E-state index is 0.0517. The van der Waals surface area contributed by atoms with Crippen LogP contribution in [0.3, 0.4) is 0 Å². The summed E-state index contributed by atoms with van der Waals surface area (Å²) in [6.45, 7) is 2.96. The van der Waals surface area contributed by atoms with Crippen molar-refractivity contribution in [2.75, 3.05) is 26.9 Å². The number of methoxy groups -OCH3 is 1. The van der Waals surface area contributed by atoms with Gasteiger partial charge in [0.1, 0.15) is 6.61 Å². The molecule has 0 aliphatic carbocycles. The van der Waals surface area contributed by atoms with Gasteiger partial charge in [0, 0.05) is 26.7 Å². The van der Waals surface area contributed by atoms with Gasteiger partial charge in [-0.15, -0.1) is 0 Å². The molecular formula is C10H19NO4. The predicted octanol–water partition coefficient (Wildman–Crippen LogP) is 0.482. The van der Waals surface area contributed by atoms with Crippen molar-refractivity contribution in [3.63, 3.8) is 0 Å². The Morgan fingerprint density at radius 3 is 2.53 bits per heavy atom. The molecule has 88 valence electrons. The summed E-state index contributed by atoms with van der Waals surface area (Å²) in [6.07, 6.45) is 1.77. The van der Waals surface area contributed by atoms with Crippen molar-refractivity contribution in [2.45, 2.75) is 26.2 Å². The molecule has 5 nitrogen and oxygen atoms in total. The Balaban J connectivity index is 3.45. The highest BCUT2D eigenvalue weighted by atomic mass is 16.5. The Labute approximate surface area is 90.1 Å². The number of hydrogen-bond acceptors (Lipinski definition) is 4. The van der Waals surface area contributed by atoms with Gasteiger partial charge in [0.05, 0.1) is 0 Å². The van der Waals surface area contributed by atoms with Crippen molar-refractivity contribution >= 4 is 11.8 Å². The molecule has 0 radical (unpaired) electrons. The molecule has 0 bridgehead atoms. The van der Waals surface area contributed by atoms with Gasteiger partial charge in [-0.25, -0.2) is 0 Å². The van der Waals surface area contributed by atoms with Gasteiger partial charge in [0.25, 0.3) is 5.91 Å². The summed E-state index contributed by atoms with van der Waals surface area (Å²) in [6, 6.07) is 0. The van der Waals surface area contributed by atoms with Gasteiger partial charge in [-0.1, -0.05) is 6.92 Å². The highest BCUT2D eigenvalue weighted by molar-refractivity contribution is 5.95. The first-order valence-corrected chi connectivity index (χ1v) is 5.10.